The molecule has 2 nitrogen and oxygen atoms in total. The van der Waals surface area contributed by atoms with Crippen LogP contribution in [0, 0.1) is 19.3 Å². The predicted octanol–water partition coefficient (Wildman–Crippen LogP) is 7.12. The molecule has 0 aliphatic carbocycles. The van der Waals surface area contributed by atoms with E-state index >= 15 is 0 Å². The van der Waals surface area contributed by atoms with Crippen molar-refractivity contribution in [2.75, 3.05) is 0 Å². The van der Waals surface area contributed by atoms with E-state index in [4.69, 9.17) is 4.74 Å². The van der Waals surface area contributed by atoms with Crippen LogP contribution in [-0.4, -0.2) is 12.1 Å². The molecule has 0 atom stereocenters. The van der Waals surface area contributed by atoms with Crippen LogP contribution in [0.2, 0.25) is 0 Å². The van der Waals surface area contributed by atoms with Crippen LogP contribution in [-0.2, 0) is 22.4 Å². The molecule has 0 aromatic heterocycles. The quantitative estimate of drug-likeness (QED) is 0.288. The number of benzene rings is 1. The highest BCUT2D eigenvalue weighted by molar-refractivity contribution is 5.38. The maximum atomic E-state index is 10.5. The van der Waals surface area contributed by atoms with Crippen molar-refractivity contribution in [3.05, 3.63) is 34.4 Å². The lowest BCUT2D eigenvalue weighted by molar-refractivity contribution is -0.140. The highest BCUT2D eigenvalue weighted by atomic mass is 16.5. The molecule has 1 rings (SSSR count). The zero-order valence-electron chi connectivity index (χ0n) is 18.9. The van der Waals surface area contributed by atoms with Gasteiger partial charge < -0.3 is 4.74 Å². The Labute approximate surface area is 168 Å². The summed E-state index contributed by atoms with van der Waals surface area (Å²) >= 11 is 0. The highest BCUT2D eigenvalue weighted by Crippen LogP contribution is 2.24. The number of carbonyl (C=O) groups excluding carboxylic acids is 1. The molecule has 0 fully saturated rings. The number of carbonyl (C=O) groups is 1. The van der Waals surface area contributed by atoms with Crippen molar-refractivity contribution in [1.29, 1.82) is 0 Å². The molecule has 0 saturated heterocycles. The Morgan fingerprint density at radius 2 is 1.26 bits per heavy atom. The van der Waals surface area contributed by atoms with Gasteiger partial charge in [0.05, 0.1) is 0 Å². The largest absolute Gasteiger partial charge is 0.462 e. The molecule has 0 aliphatic rings. The second-order valence-corrected chi connectivity index (χ2v) is 10.0. The van der Waals surface area contributed by atoms with E-state index in [1.54, 1.807) is 0 Å². The fraction of sp³-hybridized carbons (Fsp3) is 0.720. The Bertz CT molecular complexity index is 579. The SMILES string of the molecule is Cc1cc(CCCCC(C)(C)OC=O)c(C)cc1CCCCCC(C)(C)C. The summed E-state index contributed by atoms with van der Waals surface area (Å²) in [6.45, 7) is 16.0. The Morgan fingerprint density at radius 3 is 1.74 bits per heavy atom. The van der Waals surface area contributed by atoms with E-state index in [0.29, 0.717) is 11.9 Å². The smallest absolute Gasteiger partial charge is 0.293 e. The Morgan fingerprint density at radius 1 is 0.778 bits per heavy atom. The van der Waals surface area contributed by atoms with Crippen LogP contribution in [0.15, 0.2) is 12.1 Å². The molecule has 0 radical (unpaired) electrons. The number of hydrogen-bond acceptors (Lipinski definition) is 2. The van der Waals surface area contributed by atoms with E-state index in [-0.39, 0.29) is 5.60 Å². The van der Waals surface area contributed by atoms with Crippen molar-refractivity contribution < 1.29 is 9.53 Å². The second-order valence-electron chi connectivity index (χ2n) is 10.0. The minimum absolute atomic E-state index is 0.344. The Balaban J connectivity index is 2.44. The first-order valence-electron chi connectivity index (χ1n) is 10.7. The molecule has 0 saturated carbocycles. The number of ether oxygens (including phenoxy) is 1. The minimum atomic E-state index is -0.344. The summed E-state index contributed by atoms with van der Waals surface area (Å²) in [5.41, 5.74) is 5.97. The molecular formula is C25H42O2. The molecule has 154 valence electrons. The van der Waals surface area contributed by atoms with Crippen LogP contribution in [0.5, 0.6) is 0 Å². The van der Waals surface area contributed by atoms with Crippen molar-refractivity contribution in [3.63, 3.8) is 0 Å². The van der Waals surface area contributed by atoms with Crippen molar-refractivity contribution >= 4 is 6.47 Å². The maximum Gasteiger partial charge on any atom is 0.293 e. The first-order valence-corrected chi connectivity index (χ1v) is 10.7. The molecule has 0 bridgehead atoms. The summed E-state index contributed by atoms with van der Waals surface area (Å²) < 4.78 is 5.13. The van der Waals surface area contributed by atoms with Gasteiger partial charge in [0.2, 0.25) is 0 Å². The zero-order valence-corrected chi connectivity index (χ0v) is 18.9. The summed E-state index contributed by atoms with van der Waals surface area (Å²) in [6, 6.07) is 4.81. The van der Waals surface area contributed by atoms with Gasteiger partial charge in [-0.2, -0.15) is 0 Å². The number of aryl methyl sites for hydroxylation is 4. The van der Waals surface area contributed by atoms with Crippen LogP contribution in [0.1, 0.15) is 102 Å². The summed E-state index contributed by atoms with van der Waals surface area (Å²) in [6.07, 6.45) is 10.7. The normalized spacial score (nSPS) is 12.3. The van der Waals surface area contributed by atoms with Crippen LogP contribution < -0.4 is 0 Å². The average molecular weight is 375 g/mol. The molecule has 27 heavy (non-hydrogen) atoms. The van der Waals surface area contributed by atoms with Gasteiger partial charge >= 0.3 is 0 Å². The molecule has 0 spiro atoms. The van der Waals surface area contributed by atoms with Gasteiger partial charge in [-0.3, -0.25) is 4.79 Å². The summed E-state index contributed by atoms with van der Waals surface area (Å²) in [7, 11) is 0. The third-order valence-corrected chi connectivity index (χ3v) is 5.51. The van der Waals surface area contributed by atoms with Crippen molar-refractivity contribution in [2.45, 2.75) is 112 Å². The Kier molecular flexibility index (Phi) is 9.56. The van der Waals surface area contributed by atoms with E-state index in [0.717, 1.165) is 25.7 Å². The third kappa shape index (κ3) is 9.98. The van der Waals surface area contributed by atoms with Gasteiger partial charge in [-0.15, -0.1) is 0 Å². The van der Waals surface area contributed by atoms with Crippen LogP contribution in [0.4, 0.5) is 0 Å². The number of hydrogen-bond donors (Lipinski definition) is 0. The lowest BCUT2D eigenvalue weighted by Gasteiger charge is -2.22. The molecule has 0 heterocycles. The van der Waals surface area contributed by atoms with Crippen LogP contribution in [0.3, 0.4) is 0 Å². The van der Waals surface area contributed by atoms with E-state index < -0.39 is 0 Å². The molecule has 0 aliphatic heterocycles. The first kappa shape index (κ1) is 23.7. The number of rotatable bonds is 12. The summed E-state index contributed by atoms with van der Waals surface area (Å²) in [4.78, 5) is 10.5. The molecular weight excluding hydrogens is 332 g/mol. The molecule has 0 N–H and O–H groups in total. The molecule has 1 aromatic rings. The van der Waals surface area contributed by atoms with E-state index in [1.165, 1.54) is 54.4 Å². The first-order chi connectivity index (χ1) is 12.5. The minimum Gasteiger partial charge on any atom is -0.462 e. The second kappa shape index (κ2) is 10.9. The standard InChI is InChI=1S/C25H42O2/c1-20-18-23(14-10-12-16-25(6,7)27-19-26)21(2)17-22(20)13-9-8-11-15-24(3,4)5/h17-19H,8-16H2,1-7H3. The maximum absolute atomic E-state index is 10.5. The van der Waals surface area contributed by atoms with E-state index in [9.17, 15) is 4.79 Å². The fourth-order valence-corrected chi connectivity index (χ4v) is 3.68. The molecule has 2 heteroatoms. The predicted molar refractivity (Wildman–Crippen MR) is 116 cm³/mol. The molecule has 0 unspecified atom stereocenters. The van der Waals surface area contributed by atoms with Gasteiger partial charge in [-0.05, 0) is 100 Å². The summed E-state index contributed by atoms with van der Waals surface area (Å²) in [5, 5.41) is 0. The lowest BCUT2D eigenvalue weighted by Crippen LogP contribution is -2.23. The third-order valence-electron chi connectivity index (χ3n) is 5.51. The molecule has 1 aromatic carbocycles. The average Bonchev–Trinajstić information content (AvgIpc) is 2.53. The molecule has 0 amide bonds. The van der Waals surface area contributed by atoms with E-state index in [1.807, 2.05) is 13.8 Å². The van der Waals surface area contributed by atoms with Gasteiger partial charge in [0.1, 0.15) is 5.60 Å². The van der Waals surface area contributed by atoms with Gasteiger partial charge in [0.15, 0.2) is 0 Å². The van der Waals surface area contributed by atoms with Crippen LogP contribution >= 0.6 is 0 Å². The van der Waals surface area contributed by atoms with Crippen LogP contribution in [0.25, 0.3) is 0 Å². The lowest BCUT2D eigenvalue weighted by atomic mass is 9.88. The van der Waals surface area contributed by atoms with E-state index in [2.05, 4.69) is 46.8 Å². The summed E-state index contributed by atoms with van der Waals surface area (Å²) in [5.74, 6) is 0. The number of unbranched alkanes of at least 4 members (excludes halogenated alkanes) is 3. The van der Waals surface area contributed by atoms with Gasteiger partial charge in [-0.25, -0.2) is 0 Å². The zero-order chi connectivity index (χ0) is 20.5. The van der Waals surface area contributed by atoms with Crippen molar-refractivity contribution in [2.24, 2.45) is 5.41 Å². The van der Waals surface area contributed by atoms with Gasteiger partial charge in [0, 0.05) is 0 Å². The fourth-order valence-electron chi connectivity index (χ4n) is 3.68. The topological polar surface area (TPSA) is 26.3 Å². The Hall–Kier alpha value is -1.31. The highest BCUT2D eigenvalue weighted by Gasteiger charge is 2.17. The monoisotopic (exact) mass is 374 g/mol. The van der Waals surface area contributed by atoms with Crippen molar-refractivity contribution in [1.82, 2.24) is 0 Å². The van der Waals surface area contributed by atoms with Gasteiger partial charge in [-0.1, -0.05) is 45.7 Å². The van der Waals surface area contributed by atoms with Gasteiger partial charge in [0.25, 0.3) is 6.47 Å². The van der Waals surface area contributed by atoms with Crippen molar-refractivity contribution in [3.8, 4) is 0 Å².